The Balaban J connectivity index is 4.18. The molecule has 1 atom stereocenters. The third kappa shape index (κ3) is 64.8. The van der Waals surface area contributed by atoms with Gasteiger partial charge >= 0.3 is 17.9 Å². The summed E-state index contributed by atoms with van der Waals surface area (Å²) in [6.45, 7) is 6.33. The number of rotatable bonds is 60. The molecule has 0 aliphatic heterocycles. The molecule has 6 heteroatoms. The van der Waals surface area contributed by atoms with Crippen LogP contribution in [0.2, 0.25) is 0 Å². The van der Waals surface area contributed by atoms with Gasteiger partial charge in [0.1, 0.15) is 13.2 Å². The molecule has 6 nitrogen and oxygen atoms in total. The Morgan fingerprint density at radius 2 is 0.519 bits per heavy atom. The van der Waals surface area contributed by atoms with Crippen LogP contribution in [0.5, 0.6) is 0 Å². The number of ether oxygens (including phenoxy) is 3. The maximum Gasteiger partial charge on any atom is 0.306 e. The summed E-state index contributed by atoms with van der Waals surface area (Å²) in [5.41, 5.74) is 0. The second-order valence-electron chi connectivity index (χ2n) is 22.0. The molecule has 79 heavy (non-hydrogen) atoms. The van der Waals surface area contributed by atoms with Crippen molar-refractivity contribution >= 4 is 17.9 Å². The van der Waals surface area contributed by atoms with Gasteiger partial charge in [0.2, 0.25) is 0 Å². The first-order valence-corrected chi connectivity index (χ1v) is 33.4. The van der Waals surface area contributed by atoms with E-state index in [1.165, 1.54) is 180 Å². The van der Waals surface area contributed by atoms with E-state index in [4.69, 9.17) is 14.2 Å². The molecule has 0 aromatic rings. The summed E-state index contributed by atoms with van der Waals surface area (Å²) in [6, 6.07) is 0. The lowest BCUT2D eigenvalue weighted by atomic mass is 10.0. The molecule has 452 valence electrons. The lowest BCUT2D eigenvalue weighted by molar-refractivity contribution is -0.166. The first-order valence-electron chi connectivity index (χ1n) is 33.4. The van der Waals surface area contributed by atoms with E-state index in [1.54, 1.807) is 0 Å². The lowest BCUT2D eigenvalue weighted by Crippen LogP contribution is -2.30. The molecular weight excluding hydrogens is 973 g/mol. The average Bonchev–Trinajstić information content (AvgIpc) is 3.45. The molecule has 1 unspecified atom stereocenters. The molecule has 0 bridgehead atoms. The van der Waals surface area contributed by atoms with Crippen molar-refractivity contribution in [2.75, 3.05) is 13.2 Å². The SMILES string of the molecule is CC/C=C\C/C=C\C/C=C\C/C=C\CCCCC(=O)OC(COC(=O)CC/C=C\C/C=C\C/C=C\C/C=C\CC)COC(=O)CCCCCCCCCCCCCCCCCCCCCCC/C=C\CCCCCCCCCC. The molecule has 0 N–H and O–H groups in total. The fourth-order valence-corrected chi connectivity index (χ4v) is 9.33. The number of esters is 3. The zero-order chi connectivity index (χ0) is 57.1. The summed E-state index contributed by atoms with van der Waals surface area (Å²) >= 11 is 0. The van der Waals surface area contributed by atoms with E-state index in [9.17, 15) is 14.4 Å². The molecule has 0 spiro atoms. The van der Waals surface area contributed by atoms with Crippen molar-refractivity contribution in [3.05, 3.63) is 109 Å². The molecule has 0 aromatic carbocycles. The van der Waals surface area contributed by atoms with E-state index in [-0.39, 0.29) is 44.0 Å². The van der Waals surface area contributed by atoms with Crippen LogP contribution in [0.25, 0.3) is 0 Å². The Morgan fingerprint density at radius 1 is 0.266 bits per heavy atom. The number of carbonyl (C=O) groups is 3. The Hall–Kier alpha value is -3.93. The smallest absolute Gasteiger partial charge is 0.306 e. The zero-order valence-electron chi connectivity index (χ0n) is 51.9. The van der Waals surface area contributed by atoms with Crippen molar-refractivity contribution in [1.82, 2.24) is 0 Å². The first-order chi connectivity index (χ1) is 39.0. The van der Waals surface area contributed by atoms with Gasteiger partial charge in [0.05, 0.1) is 0 Å². The Morgan fingerprint density at radius 3 is 0.886 bits per heavy atom. The van der Waals surface area contributed by atoms with Crippen LogP contribution in [0, 0.1) is 0 Å². The van der Waals surface area contributed by atoms with Crippen molar-refractivity contribution in [1.29, 1.82) is 0 Å². The van der Waals surface area contributed by atoms with Gasteiger partial charge in [0.15, 0.2) is 6.10 Å². The maximum absolute atomic E-state index is 12.8. The molecule has 0 rings (SSSR count). The van der Waals surface area contributed by atoms with E-state index in [2.05, 4.69) is 118 Å². The van der Waals surface area contributed by atoms with Crippen LogP contribution < -0.4 is 0 Å². The molecule has 0 saturated heterocycles. The quantitative estimate of drug-likeness (QED) is 0.0261. The predicted octanol–water partition coefficient (Wildman–Crippen LogP) is 23.0. The van der Waals surface area contributed by atoms with Crippen molar-refractivity contribution in [2.24, 2.45) is 0 Å². The number of allylic oxidation sites excluding steroid dienone is 18. The van der Waals surface area contributed by atoms with Crippen molar-refractivity contribution in [3.63, 3.8) is 0 Å². The Labute approximate surface area is 489 Å². The Kier molecular flexibility index (Phi) is 63.3. The normalized spacial score (nSPS) is 12.8. The van der Waals surface area contributed by atoms with Crippen molar-refractivity contribution < 1.29 is 28.6 Å². The van der Waals surface area contributed by atoms with Gasteiger partial charge in [0, 0.05) is 19.3 Å². The first kappa shape index (κ1) is 75.1. The fourth-order valence-electron chi connectivity index (χ4n) is 9.33. The summed E-state index contributed by atoms with van der Waals surface area (Å²) in [7, 11) is 0. The highest BCUT2D eigenvalue weighted by atomic mass is 16.6. The maximum atomic E-state index is 12.8. The number of hydrogen-bond acceptors (Lipinski definition) is 6. The van der Waals surface area contributed by atoms with Crippen LogP contribution in [0.15, 0.2) is 109 Å². The zero-order valence-corrected chi connectivity index (χ0v) is 51.9. The van der Waals surface area contributed by atoms with Gasteiger partial charge < -0.3 is 14.2 Å². The van der Waals surface area contributed by atoms with Gasteiger partial charge in [-0.1, -0.05) is 297 Å². The largest absolute Gasteiger partial charge is 0.462 e. The van der Waals surface area contributed by atoms with Gasteiger partial charge in [-0.25, -0.2) is 0 Å². The summed E-state index contributed by atoms with van der Waals surface area (Å²) < 4.78 is 16.8. The van der Waals surface area contributed by atoms with Gasteiger partial charge in [-0.15, -0.1) is 0 Å². The highest BCUT2D eigenvalue weighted by Gasteiger charge is 2.19. The third-order valence-corrected chi connectivity index (χ3v) is 14.3. The molecule has 0 radical (unpaired) electrons. The van der Waals surface area contributed by atoms with E-state index >= 15 is 0 Å². The van der Waals surface area contributed by atoms with E-state index < -0.39 is 6.10 Å². The van der Waals surface area contributed by atoms with Gasteiger partial charge in [-0.3, -0.25) is 14.4 Å². The van der Waals surface area contributed by atoms with Crippen LogP contribution in [0.1, 0.15) is 316 Å². The van der Waals surface area contributed by atoms with Gasteiger partial charge in [-0.05, 0) is 109 Å². The van der Waals surface area contributed by atoms with Crippen molar-refractivity contribution in [2.45, 2.75) is 322 Å². The molecule has 0 aromatic heterocycles. The third-order valence-electron chi connectivity index (χ3n) is 14.3. The lowest BCUT2D eigenvalue weighted by Gasteiger charge is -2.18. The minimum absolute atomic E-state index is 0.116. The van der Waals surface area contributed by atoms with Crippen LogP contribution in [-0.4, -0.2) is 37.2 Å². The second-order valence-corrected chi connectivity index (χ2v) is 22.0. The van der Waals surface area contributed by atoms with Crippen LogP contribution in [0.4, 0.5) is 0 Å². The van der Waals surface area contributed by atoms with Crippen molar-refractivity contribution in [3.8, 4) is 0 Å². The monoisotopic (exact) mass is 1100 g/mol. The molecule has 0 fully saturated rings. The predicted molar refractivity (Wildman–Crippen MR) is 343 cm³/mol. The van der Waals surface area contributed by atoms with E-state index in [0.717, 1.165) is 83.5 Å². The minimum atomic E-state index is -0.830. The molecule has 0 heterocycles. The summed E-state index contributed by atoms with van der Waals surface area (Å²) in [4.78, 5) is 38.2. The minimum Gasteiger partial charge on any atom is -0.462 e. The molecule has 0 saturated carbocycles. The Bertz CT molecular complexity index is 1590. The number of carbonyl (C=O) groups excluding carboxylic acids is 3. The molecule has 0 aliphatic carbocycles. The summed E-state index contributed by atoms with van der Waals surface area (Å²) in [6.07, 6.45) is 91.6. The van der Waals surface area contributed by atoms with Crippen LogP contribution in [0.3, 0.4) is 0 Å². The highest BCUT2D eigenvalue weighted by Crippen LogP contribution is 2.17. The molecule has 0 amide bonds. The molecular formula is C73H124O6. The topological polar surface area (TPSA) is 78.9 Å². The summed E-state index contributed by atoms with van der Waals surface area (Å²) in [5, 5.41) is 0. The fraction of sp³-hybridized carbons (Fsp3) is 0.712. The van der Waals surface area contributed by atoms with Gasteiger partial charge in [0.25, 0.3) is 0 Å². The standard InChI is InChI=1S/C73H124O6/c1-4-7-10-13-16-19-22-25-27-28-29-30-31-32-33-34-35-36-37-38-39-40-41-42-43-44-46-48-51-54-57-60-63-66-72(75)78-69-70(68-77-71(74)65-62-59-56-53-50-47-24-21-18-15-12-9-6-3)79-73(76)67-64-61-58-55-52-49-45-26-23-20-17-14-11-8-5-2/h8-9,11-12,17-18,20-21,26,28-29,45,47,50,52,55-56,59,70H,4-7,10,13-16,19,22-25,27,30-44,46,48-49,51,53-54,57-58,60-69H2,1-3H3/b11-8-,12-9-,20-17-,21-18-,29-28-,45-26-,50-47-,55-52-,59-56-. The highest BCUT2D eigenvalue weighted by molar-refractivity contribution is 5.71. The van der Waals surface area contributed by atoms with E-state index in [0.29, 0.717) is 19.3 Å². The second kappa shape index (κ2) is 66.6. The van der Waals surface area contributed by atoms with Crippen LogP contribution >= 0.6 is 0 Å². The summed E-state index contributed by atoms with van der Waals surface area (Å²) in [5.74, 6) is -1.04. The number of hydrogen-bond donors (Lipinski definition) is 0. The van der Waals surface area contributed by atoms with E-state index in [1.807, 2.05) is 12.2 Å². The van der Waals surface area contributed by atoms with Gasteiger partial charge in [-0.2, -0.15) is 0 Å². The average molecular weight is 1100 g/mol. The molecule has 0 aliphatic rings. The number of unbranched alkanes of at least 4 members (excludes halogenated alkanes) is 31. The van der Waals surface area contributed by atoms with Crippen LogP contribution in [-0.2, 0) is 28.6 Å².